The summed E-state index contributed by atoms with van der Waals surface area (Å²) in [4.78, 5) is -0.412. The average molecular weight is 527 g/mol. The van der Waals surface area contributed by atoms with E-state index in [4.69, 9.17) is 4.74 Å². The van der Waals surface area contributed by atoms with E-state index >= 15 is 0 Å². The monoisotopic (exact) mass is 526 g/mol. The standard InChI is InChI=1S/C26H27FN4O5S/c1-28-12-13-36-19-7-5-6-18(14-19)17-30(2)37(34,35)26-15-20(24(32)16-25(26)33)22-10-11-29-31(22)23-9-4-3-8-21(23)27/h3-11,14-16,28,32-33H,12-13,17H2,1-2H3. The maximum absolute atomic E-state index is 14.4. The highest BCUT2D eigenvalue weighted by atomic mass is 32.2. The third kappa shape index (κ3) is 5.58. The molecule has 37 heavy (non-hydrogen) atoms. The minimum absolute atomic E-state index is 0.00830. The van der Waals surface area contributed by atoms with Crippen LogP contribution in [0.25, 0.3) is 16.9 Å². The Hall–Kier alpha value is -3.93. The average Bonchev–Trinajstić information content (AvgIpc) is 3.34. The lowest BCUT2D eigenvalue weighted by Crippen LogP contribution is -2.26. The smallest absolute Gasteiger partial charge is 0.246 e. The molecule has 4 aromatic rings. The van der Waals surface area contributed by atoms with Gasteiger partial charge in [0.05, 0.1) is 11.9 Å². The quantitative estimate of drug-likeness (QED) is 0.271. The lowest BCUT2D eigenvalue weighted by atomic mass is 10.1. The number of sulfonamides is 1. The molecule has 0 bridgehead atoms. The summed E-state index contributed by atoms with van der Waals surface area (Å²) in [6.07, 6.45) is 1.40. The number of likely N-dealkylation sites (N-methyl/N-ethyl adjacent to an activating group) is 1. The van der Waals surface area contributed by atoms with Gasteiger partial charge >= 0.3 is 0 Å². The first-order valence-corrected chi connectivity index (χ1v) is 12.8. The van der Waals surface area contributed by atoms with E-state index in [-0.39, 0.29) is 29.2 Å². The van der Waals surface area contributed by atoms with Gasteiger partial charge in [0, 0.05) is 31.8 Å². The second-order valence-electron chi connectivity index (χ2n) is 8.28. The molecule has 194 valence electrons. The number of nitrogens with one attached hydrogen (secondary N) is 1. The number of ether oxygens (including phenoxy) is 1. The predicted octanol–water partition coefficient (Wildman–Crippen LogP) is 3.51. The normalized spacial score (nSPS) is 11.7. The number of phenols is 2. The van der Waals surface area contributed by atoms with E-state index in [1.807, 2.05) is 7.05 Å². The van der Waals surface area contributed by atoms with Crippen LogP contribution in [0.2, 0.25) is 0 Å². The van der Waals surface area contributed by atoms with Crippen LogP contribution in [0.3, 0.4) is 0 Å². The van der Waals surface area contributed by atoms with Crippen molar-refractivity contribution in [3.63, 3.8) is 0 Å². The summed E-state index contributed by atoms with van der Waals surface area (Å²) in [6.45, 7) is 1.13. The van der Waals surface area contributed by atoms with Crippen LogP contribution in [0.15, 0.2) is 77.8 Å². The second-order valence-corrected chi connectivity index (χ2v) is 10.3. The van der Waals surface area contributed by atoms with Gasteiger partial charge in [-0.2, -0.15) is 9.40 Å². The molecule has 1 heterocycles. The van der Waals surface area contributed by atoms with Crippen LogP contribution in [0, 0.1) is 5.82 Å². The van der Waals surface area contributed by atoms with E-state index in [1.165, 1.54) is 42.2 Å². The van der Waals surface area contributed by atoms with Gasteiger partial charge in [0.15, 0.2) is 0 Å². The van der Waals surface area contributed by atoms with Crippen molar-refractivity contribution in [2.24, 2.45) is 0 Å². The summed E-state index contributed by atoms with van der Waals surface area (Å²) >= 11 is 0. The van der Waals surface area contributed by atoms with Gasteiger partial charge in [-0.1, -0.05) is 24.3 Å². The third-order valence-corrected chi connectivity index (χ3v) is 7.52. The minimum Gasteiger partial charge on any atom is -0.507 e. The number of benzene rings is 3. The summed E-state index contributed by atoms with van der Waals surface area (Å²) in [5.41, 5.74) is 1.11. The number of hydrogen-bond donors (Lipinski definition) is 3. The molecule has 0 unspecified atom stereocenters. The van der Waals surface area contributed by atoms with Gasteiger partial charge in [-0.25, -0.2) is 17.5 Å². The fourth-order valence-corrected chi connectivity index (χ4v) is 5.05. The molecule has 0 atom stereocenters. The van der Waals surface area contributed by atoms with Gasteiger partial charge in [0.1, 0.15) is 40.3 Å². The summed E-state index contributed by atoms with van der Waals surface area (Å²) in [6, 6.07) is 16.6. The molecule has 0 saturated carbocycles. The highest BCUT2D eigenvalue weighted by Crippen LogP contribution is 2.39. The summed E-state index contributed by atoms with van der Waals surface area (Å²) < 4.78 is 49.3. The predicted molar refractivity (Wildman–Crippen MR) is 137 cm³/mol. The van der Waals surface area contributed by atoms with Gasteiger partial charge < -0.3 is 20.3 Å². The largest absolute Gasteiger partial charge is 0.507 e. The SMILES string of the molecule is CNCCOc1cccc(CN(C)S(=O)(=O)c2cc(-c3ccnn3-c3ccccc3F)c(O)cc2O)c1. The molecular weight excluding hydrogens is 499 g/mol. The fraction of sp³-hybridized carbons (Fsp3) is 0.192. The van der Waals surface area contributed by atoms with Crippen molar-refractivity contribution in [1.29, 1.82) is 0 Å². The first kappa shape index (κ1) is 26.1. The molecule has 0 amide bonds. The maximum Gasteiger partial charge on any atom is 0.246 e. The van der Waals surface area contributed by atoms with Crippen molar-refractivity contribution >= 4 is 10.0 Å². The summed E-state index contributed by atoms with van der Waals surface area (Å²) in [7, 11) is -0.995. The van der Waals surface area contributed by atoms with Gasteiger partial charge in [-0.05, 0) is 49.0 Å². The van der Waals surface area contributed by atoms with E-state index in [0.717, 1.165) is 16.4 Å². The Morgan fingerprint density at radius 1 is 1.05 bits per heavy atom. The molecule has 0 radical (unpaired) electrons. The zero-order chi connectivity index (χ0) is 26.6. The number of phenolic OH excluding ortho intramolecular Hbond substituents is 2. The van der Waals surface area contributed by atoms with Crippen molar-refractivity contribution in [2.75, 3.05) is 27.2 Å². The first-order valence-electron chi connectivity index (χ1n) is 11.4. The minimum atomic E-state index is -4.20. The van der Waals surface area contributed by atoms with E-state index in [9.17, 15) is 23.0 Å². The second kappa shape index (κ2) is 11.0. The molecular formula is C26H27FN4O5S. The van der Waals surface area contributed by atoms with Crippen molar-refractivity contribution in [3.8, 4) is 34.2 Å². The van der Waals surface area contributed by atoms with Crippen LogP contribution in [0.4, 0.5) is 4.39 Å². The maximum atomic E-state index is 14.4. The molecule has 0 aliphatic rings. The Kier molecular flexibility index (Phi) is 7.77. The van der Waals surface area contributed by atoms with Crippen molar-refractivity contribution < 1.29 is 27.8 Å². The topological polar surface area (TPSA) is 117 Å². The first-order chi connectivity index (χ1) is 17.7. The molecule has 3 N–H and O–H groups in total. The van der Waals surface area contributed by atoms with Crippen LogP contribution in [-0.2, 0) is 16.6 Å². The molecule has 0 saturated heterocycles. The van der Waals surface area contributed by atoms with E-state index in [2.05, 4.69) is 10.4 Å². The molecule has 0 aliphatic heterocycles. The van der Waals surface area contributed by atoms with Crippen LogP contribution >= 0.6 is 0 Å². The Morgan fingerprint density at radius 3 is 2.59 bits per heavy atom. The number of rotatable bonds is 10. The summed E-state index contributed by atoms with van der Waals surface area (Å²) in [5, 5.41) is 28.2. The third-order valence-electron chi connectivity index (χ3n) is 5.69. The molecule has 1 aromatic heterocycles. The van der Waals surface area contributed by atoms with E-state index < -0.39 is 26.5 Å². The number of halogens is 1. The lowest BCUT2D eigenvalue weighted by molar-refractivity contribution is 0.317. The number of para-hydroxylation sites is 1. The molecule has 9 nitrogen and oxygen atoms in total. The number of nitrogens with zero attached hydrogens (tertiary/aromatic N) is 3. The van der Waals surface area contributed by atoms with E-state index in [1.54, 1.807) is 30.3 Å². The molecule has 3 aromatic carbocycles. The number of aromatic nitrogens is 2. The molecule has 0 aliphatic carbocycles. The highest BCUT2D eigenvalue weighted by Gasteiger charge is 2.27. The van der Waals surface area contributed by atoms with Crippen molar-refractivity contribution in [2.45, 2.75) is 11.4 Å². The number of hydrogen-bond acceptors (Lipinski definition) is 7. The summed E-state index contributed by atoms with van der Waals surface area (Å²) in [5.74, 6) is -0.942. The molecule has 11 heteroatoms. The number of aromatic hydroxyl groups is 2. The lowest BCUT2D eigenvalue weighted by Gasteiger charge is -2.20. The van der Waals surface area contributed by atoms with Crippen LogP contribution in [-0.4, -0.2) is 60.0 Å². The zero-order valence-corrected chi connectivity index (χ0v) is 21.1. The van der Waals surface area contributed by atoms with Gasteiger partial charge in [-0.15, -0.1) is 0 Å². The van der Waals surface area contributed by atoms with Crippen LogP contribution in [0.5, 0.6) is 17.2 Å². The molecule has 4 rings (SSSR count). The van der Waals surface area contributed by atoms with Gasteiger partial charge in [-0.3, -0.25) is 0 Å². The zero-order valence-electron chi connectivity index (χ0n) is 20.3. The Labute approximate surface area is 214 Å². The van der Waals surface area contributed by atoms with Crippen LogP contribution < -0.4 is 10.1 Å². The fourth-order valence-electron chi connectivity index (χ4n) is 3.81. The van der Waals surface area contributed by atoms with E-state index in [0.29, 0.717) is 24.5 Å². The Bertz CT molecular complexity index is 1510. The Balaban J connectivity index is 1.66. The van der Waals surface area contributed by atoms with Gasteiger partial charge in [0.25, 0.3) is 0 Å². The Morgan fingerprint density at radius 2 is 1.84 bits per heavy atom. The molecule has 0 fully saturated rings. The van der Waals surface area contributed by atoms with Gasteiger partial charge in [0.2, 0.25) is 10.0 Å². The van der Waals surface area contributed by atoms with Crippen LogP contribution in [0.1, 0.15) is 5.56 Å². The van der Waals surface area contributed by atoms with Crippen molar-refractivity contribution in [3.05, 3.63) is 84.3 Å². The highest BCUT2D eigenvalue weighted by molar-refractivity contribution is 7.89. The molecule has 0 spiro atoms. The van der Waals surface area contributed by atoms with Crippen molar-refractivity contribution in [1.82, 2.24) is 19.4 Å².